The number of halogens is 4. The second-order valence-corrected chi connectivity index (χ2v) is 12.7. The lowest BCUT2D eigenvalue weighted by Crippen LogP contribution is -2.55. The van der Waals surface area contributed by atoms with Crippen molar-refractivity contribution in [2.75, 3.05) is 62.4 Å². The molecule has 276 valence electrons. The highest BCUT2D eigenvalue weighted by molar-refractivity contribution is 6.33. The lowest BCUT2D eigenvalue weighted by molar-refractivity contribution is -0.137. The average Bonchev–Trinajstić information content (AvgIpc) is 3.59. The van der Waals surface area contributed by atoms with Crippen LogP contribution in [-0.4, -0.2) is 105 Å². The maximum Gasteiger partial charge on any atom is 0.416 e. The van der Waals surface area contributed by atoms with Crippen molar-refractivity contribution < 1.29 is 32.6 Å². The number of carbonyl (C=O) groups excluding carboxylic acids is 2. The molecule has 51 heavy (non-hydrogen) atoms. The van der Waals surface area contributed by atoms with Gasteiger partial charge in [-0.1, -0.05) is 18.5 Å². The zero-order valence-electron chi connectivity index (χ0n) is 28.6. The number of hydrogen-bond donors (Lipinski definition) is 3. The number of alkyl halides is 3. The molecule has 4 N–H and O–H groups in total. The number of anilines is 2. The molecule has 2 fully saturated rings. The van der Waals surface area contributed by atoms with Gasteiger partial charge < -0.3 is 35.4 Å². The van der Waals surface area contributed by atoms with Crippen LogP contribution in [0.3, 0.4) is 0 Å². The van der Waals surface area contributed by atoms with E-state index in [0.717, 1.165) is 29.3 Å². The molecule has 0 saturated carbocycles. The molecule has 15 nitrogen and oxygen atoms in total. The van der Waals surface area contributed by atoms with E-state index >= 15 is 0 Å². The van der Waals surface area contributed by atoms with E-state index in [2.05, 4.69) is 20.2 Å². The molecular weight excluding hydrogens is 697 g/mol. The van der Waals surface area contributed by atoms with Crippen molar-refractivity contribution in [2.45, 2.75) is 58.6 Å². The predicted molar refractivity (Wildman–Crippen MR) is 182 cm³/mol. The number of nitrogens with zero attached hydrogens (tertiary/aromatic N) is 8. The normalized spacial score (nSPS) is 18.0. The van der Waals surface area contributed by atoms with Crippen molar-refractivity contribution in [3.8, 4) is 5.75 Å². The van der Waals surface area contributed by atoms with E-state index in [-0.39, 0.29) is 77.9 Å². The third-order valence-corrected chi connectivity index (χ3v) is 9.43. The first-order valence-electron chi connectivity index (χ1n) is 16.3. The molecule has 3 aromatic rings. The number of hydrogen-bond acceptors (Lipinski definition) is 11. The van der Waals surface area contributed by atoms with E-state index in [1.807, 2.05) is 6.92 Å². The van der Waals surface area contributed by atoms with E-state index in [1.165, 1.54) is 15.8 Å². The van der Waals surface area contributed by atoms with E-state index in [4.69, 9.17) is 27.2 Å². The zero-order chi connectivity index (χ0) is 37.2. The van der Waals surface area contributed by atoms with Crippen molar-refractivity contribution >= 4 is 34.8 Å². The Kier molecular flexibility index (Phi) is 11.3. The van der Waals surface area contributed by atoms with Crippen LogP contribution in [0.1, 0.15) is 47.7 Å². The van der Waals surface area contributed by atoms with Gasteiger partial charge in [0.25, 0.3) is 11.5 Å². The molecule has 2 aliphatic heterocycles. The van der Waals surface area contributed by atoms with E-state index in [0.29, 0.717) is 18.8 Å². The molecule has 0 aliphatic carbocycles. The number of ether oxygens (including phenoxy) is 1. The van der Waals surface area contributed by atoms with Crippen molar-refractivity contribution in [2.24, 2.45) is 4.99 Å². The zero-order valence-corrected chi connectivity index (χ0v) is 29.3. The quantitative estimate of drug-likeness (QED) is 0.276. The Morgan fingerprint density at radius 2 is 1.90 bits per heavy atom. The minimum atomic E-state index is -4.62. The van der Waals surface area contributed by atoms with Gasteiger partial charge in [0, 0.05) is 46.4 Å². The third kappa shape index (κ3) is 7.97. The lowest BCUT2D eigenvalue weighted by atomic mass is 10.2. The summed E-state index contributed by atoms with van der Waals surface area (Å²) in [5.41, 5.74) is -0.781. The Hall–Kier alpha value is -4.68. The van der Waals surface area contributed by atoms with Crippen LogP contribution < -0.4 is 27.2 Å². The number of nitrogens with two attached hydrogens (primary N) is 1. The van der Waals surface area contributed by atoms with Crippen molar-refractivity contribution in [3.05, 3.63) is 68.2 Å². The van der Waals surface area contributed by atoms with Crippen LogP contribution in [0.5, 0.6) is 5.75 Å². The number of methoxy groups -OCH3 is 1. The standard InChI is InChI=1S/C32H40ClF3N10O5/c1-5-24-27(42-10-12-43(13-11-42)29(49)26-28(48)18(2)38-17-39-26)30(50)46(37)31(40-19(3)44-9-8-21(15-44)51-4)45(24)16-25(47)41-23-7-6-20(14-22(23)33)32(34,35)36/h6-7,14,17,19,21,48H,5,8-13,15-16,37H2,1-4H3,(H,41,47)/b40-31-. The van der Waals surface area contributed by atoms with Crippen molar-refractivity contribution in [1.29, 1.82) is 0 Å². The Balaban J connectivity index is 1.50. The maximum absolute atomic E-state index is 14.0. The smallest absolute Gasteiger partial charge is 0.416 e. The molecular formula is C32H40ClF3N10O5. The first-order valence-corrected chi connectivity index (χ1v) is 16.7. The summed E-state index contributed by atoms with van der Waals surface area (Å²) in [6.07, 6.45) is -2.83. The summed E-state index contributed by atoms with van der Waals surface area (Å²) in [7, 11) is 1.63. The van der Waals surface area contributed by atoms with Gasteiger partial charge in [0.15, 0.2) is 11.4 Å². The number of nitrogens with one attached hydrogen (secondary N) is 1. The van der Waals surface area contributed by atoms with Gasteiger partial charge in [-0.25, -0.2) is 15.0 Å². The minimum absolute atomic E-state index is 0.00560. The van der Waals surface area contributed by atoms with Crippen LogP contribution in [0.4, 0.5) is 24.5 Å². The van der Waals surface area contributed by atoms with Crippen LogP contribution in [0.2, 0.25) is 5.02 Å². The molecule has 2 saturated heterocycles. The van der Waals surface area contributed by atoms with Gasteiger partial charge in [0.1, 0.15) is 24.7 Å². The number of piperazine rings is 1. The number of benzene rings is 1. The molecule has 2 amide bonds. The molecule has 2 aliphatic rings. The number of aryl methyl sites for hydroxylation is 1. The molecule has 0 bridgehead atoms. The molecule has 1 aromatic carbocycles. The molecule has 2 atom stereocenters. The van der Waals surface area contributed by atoms with Crippen LogP contribution in [-0.2, 0) is 28.7 Å². The highest BCUT2D eigenvalue weighted by Crippen LogP contribution is 2.34. The molecule has 19 heteroatoms. The Morgan fingerprint density at radius 1 is 1.20 bits per heavy atom. The summed E-state index contributed by atoms with van der Waals surface area (Å²) in [5.74, 6) is 5.02. The highest BCUT2D eigenvalue weighted by Gasteiger charge is 2.32. The predicted octanol–water partition coefficient (Wildman–Crippen LogP) is 1.97. The van der Waals surface area contributed by atoms with Gasteiger partial charge in [0.2, 0.25) is 11.5 Å². The molecule has 5 rings (SSSR count). The fourth-order valence-electron chi connectivity index (χ4n) is 6.25. The summed E-state index contributed by atoms with van der Waals surface area (Å²) in [6.45, 7) is 6.84. The lowest BCUT2D eigenvalue weighted by Gasteiger charge is -2.37. The Bertz CT molecular complexity index is 1930. The molecule has 0 radical (unpaired) electrons. The van der Waals surface area contributed by atoms with Gasteiger partial charge in [-0.2, -0.15) is 17.8 Å². The first-order chi connectivity index (χ1) is 24.1. The molecule has 2 unspecified atom stereocenters. The van der Waals surface area contributed by atoms with Crippen molar-refractivity contribution in [1.82, 2.24) is 29.0 Å². The van der Waals surface area contributed by atoms with Crippen LogP contribution in [0.15, 0.2) is 34.3 Å². The second-order valence-electron chi connectivity index (χ2n) is 12.3. The summed E-state index contributed by atoms with van der Waals surface area (Å²) < 4.78 is 47.5. The summed E-state index contributed by atoms with van der Waals surface area (Å²) in [4.78, 5) is 58.8. The average molecular weight is 737 g/mol. The third-order valence-electron chi connectivity index (χ3n) is 9.12. The SMILES string of the molecule is CCc1c(N2CCN(C(=O)c3ncnc(C)c3O)CC2)c(=O)n(N)/c(=N\C(C)N2CCC(OC)C2)n1CC(=O)Nc1ccc(C(F)(F)F)cc1Cl. The summed E-state index contributed by atoms with van der Waals surface area (Å²) >= 11 is 6.12. The topological polar surface area (TPSA) is 176 Å². The maximum atomic E-state index is 14.0. The van der Waals surface area contributed by atoms with Gasteiger partial charge in [-0.15, -0.1) is 0 Å². The van der Waals surface area contributed by atoms with Crippen LogP contribution in [0, 0.1) is 6.92 Å². The Labute approximate surface area is 296 Å². The van der Waals surface area contributed by atoms with E-state index < -0.39 is 41.8 Å². The molecule has 4 heterocycles. The number of rotatable bonds is 9. The fraction of sp³-hybridized carbons (Fsp3) is 0.500. The summed E-state index contributed by atoms with van der Waals surface area (Å²) in [5, 5.41) is 12.6. The Morgan fingerprint density at radius 3 is 2.51 bits per heavy atom. The number of aromatic nitrogens is 4. The van der Waals surface area contributed by atoms with Gasteiger partial charge >= 0.3 is 6.18 Å². The summed E-state index contributed by atoms with van der Waals surface area (Å²) in [6, 6.07) is 2.61. The van der Waals surface area contributed by atoms with Gasteiger partial charge in [-0.3, -0.25) is 19.3 Å². The van der Waals surface area contributed by atoms with Crippen LogP contribution >= 0.6 is 11.6 Å². The van der Waals surface area contributed by atoms with Crippen molar-refractivity contribution in [3.63, 3.8) is 0 Å². The second kappa shape index (κ2) is 15.3. The first kappa shape index (κ1) is 37.6. The van der Waals surface area contributed by atoms with Crippen LogP contribution in [0.25, 0.3) is 0 Å². The fourth-order valence-corrected chi connectivity index (χ4v) is 6.48. The van der Waals surface area contributed by atoms with Gasteiger partial charge in [0.05, 0.1) is 33.8 Å². The highest BCUT2D eigenvalue weighted by atomic mass is 35.5. The number of amides is 2. The van der Waals surface area contributed by atoms with E-state index in [1.54, 1.807) is 25.9 Å². The number of carbonyl (C=O) groups is 2. The van der Waals surface area contributed by atoms with Gasteiger partial charge in [-0.05, 0) is 44.9 Å². The molecule has 2 aromatic heterocycles. The monoisotopic (exact) mass is 736 g/mol. The molecule has 0 spiro atoms. The van der Waals surface area contributed by atoms with E-state index in [9.17, 15) is 32.7 Å². The number of nitrogen functional groups attached to an aromatic ring is 1. The number of aromatic hydroxyl groups is 1. The minimum Gasteiger partial charge on any atom is -0.504 e. The number of likely N-dealkylation sites (tertiary alicyclic amines) is 1. The largest absolute Gasteiger partial charge is 0.504 e.